The molecule has 0 unspecified atom stereocenters. The van der Waals surface area contributed by atoms with Gasteiger partial charge in [-0.3, -0.25) is 14.6 Å². The molecule has 0 fully saturated rings. The third kappa shape index (κ3) is 1.88. The molecule has 0 radical (unpaired) electrons. The van der Waals surface area contributed by atoms with Crippen molar-refractivity contribution in [1.29, 1.82) is 0 Å². The number of nitrogens with one attached hydrogen (secondary N) is 2. The van der Waals surface area contributed by atoms with E-state index in [0.29, 0.717) is 17.1 Å². The number of nitrogens with two attached hydrogens (primary N) is 1. The fraction of sp³-hybridized carbons (Fsp3) is 0.214. The Hall–Kier alpha value is -3.03. The summed E-state index contributed by atoms with van der Waals surface area (Å²) in [7, 11) is 0. The Morgan fingerprint density at radius 2 is 2.05 bits per heavy atom. The first-order valence-corrected chi connectivity index (χ1v) is 6.71. The molecule has 3 heterocycles. The number of rotatable bonds is 1. The van der Waals surface area contributed by atoms with Gasteiger partial charge in [-0.25, -0.2) is 0 Å². The number of benzene rings is 1. The SMILES string of the molecule is Nc1nc2c(c(=O)[nH]1)[C@H](c1ccc3c(c1)OCO3)CC(=O)N2. The molecular formula is C14H12N4O4. The lowest BCUT2D eigenvalue weighted by atomic mass is 9.86. The van der Waals surface area contributed by atoms with Crippen LogP contribution < -0.4 is 26.1 Å². The number of nitrogen functional groups attached to an aromatic ring is 1. The van der Waals surface area contributed by atoms with Gasteiger partial charge in [-0.1, -0.05) is 6.07 Å². The number of hydrogen-bond donors (Lipinski definition) is 3. The molecule has 4 N–H and O–H groups in total. The number of anilines is 2. The van der Waals surface area contributed by atoms with Crippen LogP contribution in [0.1, 0.15) is 23.5 Å². The summed E-state index contributed by atoms with van der Waals surface area (Å²) in [6, 6.07) is 5.37. The summed E-state index contributed by atoms with van der Waals surface area (Å²) in [4.78, 5) is 30.6. The standard InChI is InChI=1S/C14H12N4O4/c15-14-17-12-11(13(20)18-14)7(4-10(19)16-12)6-1-2-8-9(3-6)22-5-21-8/h1-3,7H,4-5H2,(H4,15,16,17,18,19,20)/t7-/m0/s1. The van der Waals surface area contributed by atoms with Crippen molar-refractivity contribution >= 4 is 17.7 Å². The van der Waals surface area contributed by atoms with E-state index in [4.69, 9.17) is 15.2 Å². The highest BCUT2D eigenvalue weighted by atomic mass is 16.7. The molecule has 0 bridgehead atoms. The average Bonchev–Trinajstić information content (AvgIpc) is 2.92. The first kappa shape index (κ1) is 12.7. The van der Waals surface area contributed by atoms with Crippen LogP contribution in [0.2, 0.25) is 0 Å². The van der Waals surface area contributed by atoms with Gasteiger partial charge < -0.3 is 20.5 Å². The number of carbonyl (C=O) groups excluding carboxylic acids is 1. The topological polar surface area (TPSA) is 119 Å². The minimum Gasteiger partial charge on any atom is -0.454 e. The monoisotopic (exact) mass is 300 g/mol. The Morgan fingerprint density at radius 1 is 1.23 bits per heavy atom. The molecule has 2 aromatic rings. The molecule has 112 valence electrons. The van der Waals surface area contributed by atoms with Crippen molar-refractivity contribution in [3.63, 3.8) is 0 Å². The summed E-state index contributed by atoms with van der Waals surface area (Å²) >= 11 is 0. The number of nitrogens with zero attached hydrogens (tertiary/aromatic N) is 1. The zero-order valence-electron chi connectivity index (χ0n) is 11.4. The van der Waals surface area contributed by atoms with Crippen LogP contribution in [-0.2, 0) is 4.79 Å². The van der Waals surface area contributed by atoms with Gasteiger partial charge in [0.2, 0.25) is 18.6 Å². The smallest absolute Gasteiger partial charge is 0.258 e. The van der Waals surface area contributed by atoms with Gasteiger partial charge in [0.15, 0.2) is 11.5 Å². The van der Waals surface area contributed by atoms with Gasteiger partial charge in [-0.2, -0.15) is 4.98 Å². The second-order valence-electron chi connectivity index (χ2n) is 5.13. The van der Waals surface area contributed by atoms with Crippen molar-refractivity contribution in [2.75, 3.05) is 17.8 Å². The molecule has 4 rings (SSSR count). The Morgan fingerprint density at radius 3 is 2.91 bits per heavy atom. The number of amides is 1. The van der Waals surface area contributed by atoms with Crippen molar-refractivity contribution in [1.82, 2.24) is 9.97 Å². The quantitative estimate of drug-likeness (QED) is 0.707. The molecule has 2 aliphatic heterocycles. The average molecular weight is 300 g/mol. The molecule has 0 saturated carbocycles. The molecular weight excluding hydrogens is 288 g/mol. The summed E-state index contributed by atoms with van der Waals surface area (Å²) in [5.74, 6) is 0.803. The first-order chi connectivity index (χ1) is 10.6. The number of carbonyl (C=O) groups is 1. The van der Waals surface area contributed by atoms with Crippen molar-refractivity contribution in [3.05, 3.63) is 39.7 Å². The highest BCUT2D eigenvalue weighted by Gasteiger charge is 2.31. The maximum Gasteiger partial charge on any atom is 0.258 e. The van der Waals surface area contributed by atoms with Crippen LogP contribution in [0, 0.1) is 0 Å². The van der Waals surface area contributed by atoms with E-state index in [1.165, 1.54) is 0 Å². The van der Waals surface area contributed by atoms with Gasteiger partial charge in [0, 0.05) is 12.3 Å². The van der Waals surface area contributed by atoms with Crippen LogP contribution in [0.5, 0.6) is 11.5 Å². The largest absolute Gasteiger partial charge is 0.454 e. The van der Waals surface area contributed by atoms with Gasteiger partial charge in [0.1, 0.15) is 5.82 Å². The van der Waals surface area contributed by atoms with Crippen LogP contribution in [0.3, 0.4) is 0 Å². The Bertz CT molecular complexity index is 845. The summed E-state index contributed by atoms with van der Waals surface area (Å²) in [6.45, 7) is 0.166. The van der Waals surface area contributed by atoms with Crippen molar-refractivity contribution in [2.24, 2.45) is 0 Å². The van der Waals surface area contributed by atoms with Crippen molar-refractivity contribution in [2.45, 2.75) is 12.3 Å². The highest BCUT2D eigenvalue weighted by molar-refractivity contribution is 5.94. The summed E-state index contributed by atoms with van der Waals surface area (Å²) < 4.78 is 10.6. The molecule has 0 saturated heterocycles. The van der Waals surface area contributed by atoms with E-state index in [2.05, 4.69) is 15.3 Å². The fourth-order valence-corrected chi connectivity index (χ4v) is 2.80. The van der Waals surface area contributed by atoms with Crippen LogP contribution in [-0.4, -0.2) is 22.7 Å². The Balaban J connectivity index is 1.87. The van der Waals surface area contributed by atoms with Crippen molar-refractivity contribution < 1.29 is 14.3 Å². The zero-order chi connectivity index (χ0) is 15.3. The van der Waals surface area contributed by atoms with Gasteiger partial charge in [-0.05, 0) is 17.7 Å². The number of H-pyrrole nitrogens is 1. The van der Waals surface area contributed by atoms with Crippen LogP contribution in [0.4, 0.5) is 11.8 Å². The Kier molecular flexibility index (Phi) is 2.59. The van der Waals surface area contributed by atoms with Crippen LogP contribution in [0.25, 0.3) is 0 Å². The molecule has 1 amide bonds. The number of fused-ring (bicyclic) bond motifs is 2. The number of ether oxygens (including phenoxy) is 2. The van der Waals surface area contributed by atoms with Gasteiger partial charge in [0.25, 0.3) is 5.56 Å². The second kappa shape index (κ2) is 4.48. The van der Waals surface area contributed by atoms with Gasteiger partial charge in [-0.15, -0.1) is 0 Å². The fourth-order valence-electron chi connectivity index (χ4n) is 2.80. The Labute approximate surface area is 124 Å². The molecule has 8 nitrogen and oxygen atoms in total. The van der Waals surface area contributed by atoms with E-state index in [0.717, 1.165) is 5.56 Å². The third-order valence-electron chi connectivity index (χ3n) is 3.77. The van der Waals surface area contributed by atoms with E-state index < -0.39 is 5.92 Å². The molecule has 1 aromatic heterocycles. The van der Waals surface area contributed by atoms with Crippen LogP contribution >= 0.6 is 0 Å². The lowest BCUT2D eigenvalue weighted by Crippen LogP contribution is -2.31. The highest BCUT2D eigenvalue weighted by Crippen LogP contribution is 2.39. The van der Waals surface area contributed by atoms with E-state index in [9.17, 15) is 9.59 Å². The summed E-state index contributed by atoms with van der Waals surface area (Å²) in [5, 5.41) is 2.59. The van der Waals surface area contributed by atoms with Gasteiger partial charge >= 0.3 is 0 Å². The second-order valence-corrected chi connectivity index (χ2v) is 5.13. The third-order valence-corrected chi connectivity index (χ3v) is 3.77. The van der Waals surface area contributed by atoms with E-state index in [1.54, 1.807) is 12.1 Å². The molecule has 0 aliphatic carbocycles. The van der Waals surface area contributed by atoms with Gasteiger partial charge in [0.05, 0.1) is 5.56 Å². The normalized spacial score (nSPS) is 18.7. The molecule has 8 heteroatoms. The van der Waals surface area contributed by atoms with Crippen LogP contribution in [0.15, 0.2) is 23.0 Å². The van der Waals surface area contributed by atoms with E-state index in [1.807, 2.05) is 6.07 Å². The molecule has 1 aromatic carbocycles. The zero-order valence-corrected chi connectivity index (χ0v) is 11.4. The summed E-state index contributed by atoms with van der Waals surface area (Å²) in [5.41, 5.74) is 6.36. The first-order valence-electron chi connectivity index (χ1n) is 6.71. The number of aromatic nitrogens is 2. The van der Waals surface area contributed by atoms with E-state index >= 15 is 0 Å². The maximum atomic E-state index is 12.2. The molecule has 1 atom stereocenters. The minimum atomic E-state index is -0.407. The number of aromatic amines is 1. The predicted octanol–water partition coefficient (Wildman–Crippen LogP) is 0.555. The van der Waals surface area contributed by atoms with Crippen molar-refractivity contribution in [3.8, 4) is 11.5 Å². The summed E-state index contributed by atoms with van der Waals surface area (Å²) in [6.07, 6.45) is 0.154. The molecule has 2 aliphatic rings. The number of hydrogen-bond acceptors (Lipinski definition) is 6. The lowest BCUT2D eigenvalue weighted by Gasteiger charge is -2.24. The lowest BCUT2D eigenvalue weighted by molar-refractivity contribution is -0.116. The maximum absolute atomic E-state index is 12.2. The predicted molar refractivity (Wildman–Crippen MR) is 76.9 cm³/mol. The van der Waals surface area contributed by atoms with E-state index in [-0.39, 0.29) is 36.4 Å². The molecule has 0 spiro atoms. The minimum absolute atomic E-state index is 0.0320. The molecule has 22 heavy (non-hydrogen) atoms.